The quantitative estimate of drug-likeness (QED) is 0.509. The first-order valence-electron chi connectivity index (χ1n) is 11.9. The van der Waals surface area contributed by atoms with E-state index in [1.807, 2.05) is 48.5 Å². The second kappa shape index (κ2) is 12.4. The van der Waals surface area contributed by atoms with Gasteiger partial charge in [-0.25, -0.2) is 4.79 Å². The SMILES string of the molecule is COc1ccc(COC[C@H]2[C@@H](O)[C@H](O)[C@H](COCc3ccc(OC)cc3)N2C(=O)OC(C)(C)C)cc1. The molecule has 9 heteroatoms. The molecule has 0 saturated carbocycles. The van der Waals surface area contributed by atoms with Gasteiger partial charge in [0.25, 0.3) is 0 Å². The van der Waals surface area contributed by atoms with Crippen LogP contribution in [0.2, 0.25) is 0 Å². The summed E-state index contributed by atoms with van der Waals surface area (Å²) >= 11 is 0. The van der Waals surface area contributed by atoms with Gasteiger partial charge < -0.3 is 33.9 Å². The average molecular weight is 504 g/mol. The largest absolute Gasteiger partial charge is 0.497 e. The highest BCUT2D eigenvalue weighted by Gasteiger charge is 2.51. The molecule has 0 unspecified atom stereocenters. The highest BCUT2D eigenvalue weighted by Crippen LogP contribution is 2.29. The van der Waals surface area contributed by atoms with E-state index >= 15 is 0 Å². The molecule has 2 aromatic carbocycles. The summed E-state index contributed by atoms with van der Waals surface area (Å²) in [5, 5.41) is 21.6. The zero-order chi connectivity index (χ0) is 26.3. The molecular weight excluding hydrogens is 466 g/mol. The molecule has 2 aromatic rings. The van der Waals surface area contributed by atoms with E-state index in [1.165, 1.54) is 4.90 Å². The number of aliphatic hydroxyl groups is 2. The van der Waals surface area contributed by atoms with Crippen molar-refractivity contribution in [1.82, 2.24) is 4.90 Å². The van der Waals surface area contributed by atoms with E-state index in [4.69, 9.17) is 23.7 Å². The number of carbonyl (C=O) groups is 1. The van der Waals surface area contributed by atoms with Crippen LogP contribution >= 0.6 is 0 Å². The monoisotopic (exact) mass is 503 g/mol. The van der Waals surface area contributed by atoms with Crippen LogP contribution in [0, 0.1) is 0 Å². The lowest BCUT2D eigenvalue weighted by Gasteiger charge is -2.32. The summed E-state index contributed by atoms with van der Waals surface area (Å²) in [4.78, 5) is 14.5. The number of hydrogen-bond acceptors (Lipinski definition) is 8. The van der Waals surface area contributed by atoms with Gasteiger partial charge in [0.1, 0.15) is 29.3 Å². The van der Waals surface area contributed by atoms with Crippen molar-refractivity contribution in [3.8, 4) is 11.5 Å². The number of nitrogens with zero attached hydrogens (tertiary/aromatic N) is 1. The maximum atomic E-state index is 13.1. The second-order valence-electron chi connectivity index (χ2n) is 9.73. The normalized spacial score (nSPS) is 21.9. The number of benzene rings is 2. The van der Waals surface area contributed by atoms with Gasteiger partial charge in [-0.2, -0.15) is 0 Å². The summed E-state index contributed by atoms with van der Waals surface area (Å²) in [6.07, 6.45) is -3.08. The Labute approximate surface area is 212 Å². The van der Waals surface area contributed by atoms with E-state index in [0.717, 1.165) is 22.6 Å². The summed E-state index contributed by atoms with van der Waals surface area (Å²) < 4.78 is 27.6. The van der Waals surface area contributed by atoms with E-state index in [0.29, 0.717) is 0 Å². The fraction of sp³-hybridized carbons (Fsp3) is 0.519. The standard InChI is InChI=1S/C27H37NO8/c1-27(2,3)36-26(31)28-22(16-34-14-18-6-10-20(32-4)11-7-18)24(29)25(30)23(28)17-35-15-19-8-12-21(33-5)13-9-19/h6-13,22-25,29-30H,14-17H2,1-5H3/t22-,23-,24+,25+/m0/s1. The first-order chi connectivity index (χ1) is 17.1. The maximum absolute atomic E-state index is 13.1. The molecule has 0 bridgehead atoms. The van der Waals surface area contributed by atoms with Crippen LogP contribution in [0.1, 0.15) is 31.9 Å². The Morgan fingerprint density at radius 1 is 0.778 bits per heavy atom. The molecule has 0 aromatic heterocycles. The van der Waals surface area contributed by atoms with E-state index < -0.39 is 36.0 Å². The molecule has 0 aliphatic carbocycles. The van der Waals surface area contributed by atoms with Crippen LogP contribution in [0.25, 0.3) is 0 Å². The van der Waals surface area contributed by atoms with Crippen LogP contribution in [0.15, 0.2) is 48.5 Å². The van der Waals surface area contributed by atoms with E-state index in [2.05, 4.69) is 0 Å². The number of likely N-dealkylation sites (tertiary alicyclic amines) is 1. The van der Waals surface area contributed by atoms with Gasteiger partial charge in [0.2, 0.25) is 0 Å². The van der Waals surface area contributed by atoms with Crippen molar-refractivity contribution in [2.45, 2.75) is 63.9 Å². The van der Waals surface area contributed by atoms with Gasteiger partial charge in [0, 0.05) is 0 Å². The van der Waals surface area contributed by atoms with Crippen molar-refractivity contribution in [3.05, 3.63) is 59.7 Å². The van der Waals surface area contributed by atoms with Crippen LogP contribution in [-0.4, -0.2) is 78.5 Å². The zero-order valence-electron chi connectivity index (χ0n) is 21.5. The molecule has 2 N–H and O–H groups in total. The maximum Gasteiger partial charge on any atom is 0.411 e. The number of methoxy groups -OCH3 is 2. The molecule has 1 amide bonds. The Hall–Kier alpha value is -2.85. The predicted octanol–water partition coefficient (Wildman–Crippen LogP) is 3.15. The third-order valence-electron chi connectivity index (χ3n) is 5.89. The summed E-state index contributed by atoms with van der Waals surface area (Å²) in [7, 11) is 3.20. The number of ether oxygens (including phenoxy) is 5. The lowest BCUT2D eigenvalue weighted by molar-refractivity contribution is -0.0236. The van der Waals surface area contributed by atoms with Gasteiger partial charge >= 0.3 is 6.09 Å². The molecule has 9 nitrogen and oxygen atoms in total. The van der Waals surface area contributed by atoms with Crippen LogP contribution < -0.4 is 9.47 Å². The summed E-state index contributed by atoms with van der Waals surface area (Å²) in [6.45, 7) is 5.85. The molecule has 3 rings (SSSR count). The average Bonchev–Trinajstić information content (AvgIpc) is 3.08. The Bertz CT molecular complexity index is 892. The van der Waals surface area contributed by atoms with Crippen LogP contribution in [0.3, 0.4) is 0 Å². The molecule has 4 atom stereocenters. The van der Waals surface area contributed by atoms with Gasteiger partial charge in [-0.15, -0.1) is 0 Å². The lowest BCUT2D eigenvalue weighted by atomic mass is 10.1. The topological polar surface area (TPSA) is 107 Å². The minimum Gasteiger partial charge on any atom is -0.497 e. The Kier molecular flexibility index (Phi) is 9.56. The predicted molar refractivity (Wildman–Crippen MR) is 133 cm³/mol. The summed E-state index contributed by atoms with van der Waals surface area (Å²) in [5.74, 6) is 1.48. The number of aliphatic hydroxyl groups excluding tert-OH is 2. The smallest absolute Gasteiger partial charge is 0.411 e. The molecule has 1 heterocycles. The lowest BCUT2D eigenvalue weighted by Crippen LogP contribution is -2.49. The van der Waals surface area contributed by atoms with Gasteiger partial charge in [0.15, 0.2) is 0 Å². The van der Waals surface area contributed by atoms with Crippen molar-refractivity contribution in [1.29, 1.82) is 0 Å². The molecule has 0 spiro atoms. The second-order valence-corrected chi connectivity index (χ2v) is 9.73. The molecule has 1 fully saturated rings. The minimum absolute atomic E-state index is 0.0124. The van der Waals surface area contributed by atoms with Crippen LogP contribution in [-0.2, 0) is 27.4 Å². The number of carbonyl (C=O) groups excluding carboxylic acids is 1. The number of amides is 1. The van der Waals surface area contributed by atoms with Crippen molar-refractivity contribution >= 4 is 6.09 Å². The molecule has 36 heavy (non-hydrogen) atoms. The van der Waals surface area contributed by atoms with Gasteiger partial charge in [-0.3, -0.25) is 4.90 Å². The fourth-order valence-electron chi connectivity index (χ4n) is 4.01. The zero-order valence-corrected chi connectivity index (χ0v) is 21.5. The van der Waals surface area contributed by atoms with Crippen LogP contribution in [0.5, 0.6) is 11.5 Å². The summed E-state index contributed by atoms with van der Waals surface area (Å²) in [6, 6.07) is 13.2. The van der Waals surface area contributed by atoms with Crippen molar-refractivity contribution in [3.63, 3.8) is 0 Å². The Balaban J connectivity index is 1.67. The molecule has 1 aliphatic heterocycles. The fourth-order valence-corrected chi connectivity index (χ4v) is 4.01. The minimum atomic E-state index is -1.22. The van der Waals surface area contributed by atoms with Gasteiger partial charge in [-0.05, 0) is 56.2 Å². The number of hydrogen-bond donors (Lipinski definition) is 2. The first kappa shape index (κ1) is 27.7. The van der Waals surface area contributed by atoms with E-state index in [1.54, 1.807) is 35.0 Å². The Morgan fingerprint density at radius 2 is 1.17 bits per heavy atom. The van der Waals surface area contributed by atoms with E-state index in [-0.39, 0.29) is 26.4 Å². The number of rotatable bonds is 10. The molecule has 1 aliphatic rings. The van der Waals surface area contributed by atoms with Crippen molar-refractivity contribution < 1.29 is 38.7 Å². The van der Waals surface area contributed by atoms with Gasteiger partial charge in [-0.1, -0.05) is 24.3 Å². The third-order valence-corrected chi connectivity index (χ3v) is 5.89. The third kappa shape index (κ3) is 7.33. The highest BCUT2D eigenvalue weighted by molar-refractivity contribution is 5.70. The molecule has 0 radical (unpaired) electrons. The Morgan fingerprint density at radius 3 is 1.50 bits per heavy atom. The molecule has 1 saturated heterocycles. The van der Waals surface area contributed by atoms with Gasteiger partial charge in [0.05, 0.1) is 52.7 Å². The first-order valence-corrected chi connectivity index (χ1v) is 11.9. The highest BCUT2D eigenvalue weighted by atomic mass is 16.6. The van der Waals surface area contributed by atoms with Crippen molar-refractivity contribution in [2.24, 2.45) is 0 Å². The van der Waals surface area contributed by atoms with Crippen LogP contribution in [0.4, 0.5) is 4.79 Å². The molecular formula is C27H37NO8. The molecule has 198 valence electrons. The van der Waals surface area contributed by atoms with Crippen molar-refractivity contribution in [2.75, 3.05) is 27.4 Å². The summed E-state index contributed by atoms with van der Waals surface area (Å²) in [5.41, 5.74) is 1.07. The van der Waals surface area contributed by atoms with E-state index in [9.17, 15) is 15.0 Å².